The fourth-order valence-electron chi connectivity index (χ4n) is 1.69. The lowest BCUT2D eigenvalue weighted by Crippen LogP contribution is -1.93. The van der Waals surface area contributed by atoms with Gasteiger partial charge in [-0.25, -0.2) is 4.98 Å². The van der Waals surface area contributed by atoms with Gasteiger partial charge in [0.25, 0.3) is 0 Å². The summed E-state index contributed by atoms with van der Waals surface area (Å²) in [7, 11) is 0. The number of carbonyl (C=O) groups excluding carboxylic acids is 1. The van der Waals surface area contributed by atoms with Gasteiger partial charge in [0, 0.05) is 12.1 Å². The lowest BCUT2D eigenvalue weighted by molar-refractivity contribution is 0.111. The third-order valence-electron chi connectivity index (χ3n) is 2.50. The molecule has 1 aromatic heterocycles. The summed E-state index contributed by atoms with van der Waals surface area (Å²) in [5.41, 5.74) is 2.93. The van der Waals surface area contributed by atoms with E-state index in [0.717, 1.165) is 23.4 Å². The molecule has 0 saturated heterocycles. The number of nitrogens with zero attached hydrogens (tertiary/aromatic N) is 2. The topological polar surface area (TPSA) is 69.5 Å². The summed E-state index contributed by atoms with van der Waals surface area (Å²) in [6, 6.07) is 9.35. The number of rotatable bonds is 3. The molecule has 2 rings (SSSR count). The van der Waals surface area contributed by atoms with Crippen molar-refractivity contribution in [3.05, 3.63) is 52.6 Å². The second kappa shape index (κ2) is 4.62. The molecule has 2 aromatic rings. The molecule has 0 bridgehead atoms. The summed E-state index contributed by atoms with van der Waals surface area (Å²) in [5, 5.41) is 8.69. The fourth-order valence-corrected chi connectivity index (χ4v) is 1.69. The van der Waals surface area contributed by atoms with Crippen molar-refractivity contribution in [3.8, 4) is 6.07 Å². The van der Waals surface area contributed by atoms with E-state index in [0.29, 0.717) is 17.7 Å². The highest BCUT2D eigenvalue weighted by atomic mass is 16.1. The predicted molar refractivity (Wildman–Crippen MR) is 62.7 cm³/mol. The molecule has 0 radical (unpaired) electrons. The summed E-state index contributed by atoms with van der Waals surface area (Å²) < 4.78 is 0. The number of H-pyrrole nitrogens is 1. The first-order chi connectivity index (χ1) is 8.22. The Hall–Kier alpha value is -2.41. The zero-order valence-electron chi connectivity index (χ0n) is 9.40. The van der Waals surface area contributed by atoms with Crippen LogP contribution in [-0.2, 0) is 6.42 Å². The molecule has 0 aliphatic carbocycles. The number of benzene rings is 1. The van der Waals surface area contributed by atoms with Crippen molar-refractivity contribution in [1.82, 2.24) is 9.97 Å². The van der Waals surface area contributed by atoms with Gasteiger partial charge in [0.2, 0.25) is 0 Å². The zero-order valence-corrected chi connectivity index (χ0v) is 9.40. The highest BCUT2D eigenvalue weighted by Gasteiger charge is 2.07. The van der Waals surface area contributed by atoms with E-state index in [-0.39, 0.29) is 0 Å². The van der Waals surface area contributed by atoms with E-state index in [2.05, 4.69) is 16.0 Å². The van der Waals surface area contributed by atoms with Gasteiger partial charge in [0.15, 0.2) is 6.29 Å². The Labute approximate surface area is 98.9 Å². The van der Waals surface area contributed by atoms with Gasteiger partial charge < -0.3 is 4.98 Å². The molecule has 4 heteroatoms. The number of aromatic nitrogens is 2. The van der Waals surface area contributed by atoms with Crippen molar-refractivity contribution < 1.29 is 4.79 Å². The maximum Gasteiger partial charge on any atom is 0.170 e. The van der Waals surface area contributed by atoms with Crippen LogP contribution in [0, 0.1) is 18.3 Å². The molecule has 0 spiro atoms. The van der Waals surface area contributed by atoms with Crippen molar-refractivity contribution in [2.24, 2.45) is 0 Å². The van der Waals surface area contributed by atoms with Crippen LogP contribution in [0.4, 0.5) is 0 Å². The molecule has 1 N–H and O–H groups in total. The highest BCUT2D eigenvalue weighted by Crippen LogP contribution is 2.12. The second-order valence-corrected chi connectivity index (χ2v) is 3.79. The summed E-state index contributed by atoms with van der Waals surface area (Å²) in [6.45, 7) is 1.81. The van der Waals surface area contributed by atoms with Crippen molar-refractivity contribution >= 4 is 6.29 Å². The Bertz CT molecular complexity index is 576. The van der Waals surface area contributed by atoms with Crippen molar-refractivity contribution in [3.63, 3.8) is 0 Å². The lowest BCUT2D eigenvalue weighted by atomic mass is 10.1. The Balaban J connectivity index is 2.25. The molecular formula is C13H11N3O. The summed E-state index contributed by atoms with van der Waals surface area (Å²) in [4.78, 5) is 18.0. The number of imidazole rings is 1. The van der Waals surface area contributed by atoms with Crippen LogP contribution >= 0.6 is 0 Å². The molecule has 0 saturated carbocycles. The molecule has 4 nitrogen and oxygen atoms in total. The molecule has 84 valence electrons. The second-order valence-electron chi connectivity index (χ2n) is 3.79. The average Bonchev–Trinajstić information content (AvgIpc) is 2.70. The van der Waals surface area contributed by atoms with Gasteiger partial charge in [-0.05, 0) is 24.6 Å². The number of aromatic amines is 1. The standard InChI is InChI=1S/C13H11N3O/c1-9-15-12(13(8-17)16-9)6-10-2-4-11(7-14)5-3-10/h2-5,8H,6H2,1H3,(H,15,16). The lowest BCUT2D eigenvalue weighted by Gasteiger charge is -1.99. The van der Waals surface area contributed by atoms with E-state index in [1.165, 1.54) is 0 Å². The first-order valence-electron chi connectivity index (χ1n) is 5.22. The molecule has 0 aliphatic heterocycles. The highest BCUT2D eigenvalue weighted by molar-refractivity contribution is 5.73. The molecule has 1 aromatic carbocycles. The van der Waals surface area contributed by atoms with Crippen LogP contribution in [0.3, 0.4) is 0 Å². The van der Waals surface area contributed by atoms with Crippen LogP contribution in [0.1, 0.15) is 33.1 Å². The number of aldehydes is 1. The SMILES string of the molecule is Cc1nc(C=O)c(Cc2ccc(C#N)cc2)[nH]1. The van der Waals surface area contributed by atoms with Crippen LogP contribution in [0.2, 0.25) is 0 Å². The molecule has 1 heterocycles. The third kappa shape index (κ3) is 2.40. The Kier molecular flexibility index (Phi) is 3.01. The molecule has 0 fully saturated rings. The van der Waals surface area contributed by atoms with E-state index in [1.807, 2.05) is 19.1 Å². The van der Waals surface area contributed by atoms with E-state index < -0.39 is 0 Å². The molecule has 0 atom stereocenters. The van der Waals surface area contributed by atoms with Gasteiger partial charge in [-0.2, -0.15) is 5.26 Å². The maximum absolute atomic E-state index is 10.8. The van der Waals surface area contributed by atoms with Gasteiger partial charge in [0.05, 0.1) is 11.6 Å². The largest absolute Gasteiger partial charge is 0.345 e. The van der Waals surface area contributed by atoms with Gasteiger partial charge >= 0.3 is 0 Å². The average molecular weight is 225 g/mol. The van der Waals surface area contributed by atoms with Gasteiger partial charge in [-0.3, -0.25) is 4.79 Å². The number of hydrogen-bond donors (Lipinski definition) is 1. The number of hydrogen-bond acceptors (Lipinski definition) is 3. The first kappa shape index (κ1) is 11.1. The van der Waals surface area contributed by atoms with Crippen molar-refractivity contribution in [2.45, 2.75) is 13.3 Å². The van der Waals surface area contributed by atoms with Gasteiger partial charge in [-0.1, -0.05) is 12.1 Å². The monoisotopic (exact) mass is 225 g/mol. The maximum atomic E-state index is 10.8. The first-order valence-corrected chi connectivity index (χ1v) is 5.22. The van der Waals surface area contributed by atoms with Crippen LogP contribution in [0.25, 0.3) is 0 Å². The molecule has 0 aliphatic rings. The number of nitriles is 1. The summed E-state index contributed by atoms with van der Waals surface area (Å²) in [6.07, 6.45) is 1.36. The number of aryl methyl sites for hydroxylation is 1. The molecule has 0 amide bonds. The van der Waals surface area contributed by atoms with E-state index in [1.54, 1.807) is 12.1 Å². The minimum Gasteiger partial charge on any atom is -0.345 e. The van der Waals surface area contributed by atoms with Gasteiger partial charge in [0.1, 0.15) is 11.5 Å². The van der Waals surface area contributed by atoms with Crippen molar-refractivity contribution in [2.75, 3.05) is 0 Å². The molecular weight excluding hydrogens is 214 g/mol. The zero-order chi connectivity index (χ0) is 12.3. The summed E-state index contributed by atoms with van der Waals surface area (Å²) in [5.74, 6) is 0.732. The minimum absolute atomic E-state index is 0.451. The van der Waals surface area contributed by atoms with Crippen LogP contribution in [-0.4, -0.2) is 16.3 Å². The molecule has 17 heavy (non-hydrogen) atoms. The number of carbonyl (C=O) groups is 1. The van der Waals surface area contributed by atoms with Crippen LogP contribution in [0.15, 0.2) is 24.3 Å². The fraction of sp³-hybridized carbons (Fsp3) is 0.154. The van der Waals surface area contributed by atoms with E-state index >= 15 is 0 Å². The summed E-state index contributed by atoms with van der Waals surface area (Å²) >= 11 is 0. The Morgan fingerprint density at radius 1 is 1.41 bits per heavy atom. The predicted octanol–water partition coefficient (Wildman–Crippen LogP) is 1.99. The number of nitrogens with one attached hydrogen (secondary N) is 1. The Morgan fingerprint density at radius 2 is 2.12 bits per heavy atom. The van der Waals surface area contributed by atoms with Crippen LogP contribution < -0.4 is 0 Å². The molecule has 0 unspecified atom stereocenters. The smallest absolute Gasteiger partial charge is 0.170 e. The van der Waals surface area contributed by atoms with Crippen LogP contribution in [0.5, 0.6) is 0 Å². The van der Waals surface area contributed by atoms with E-state index in [9.17, 15) is 4.79 Å². The van der Waals surface area contributed by atoms with Gasteiger partial charge in [-0.15, -0.1) is 0 Å². The Morgan fingerprint density at radius 3 is 2.71 bits per heavy atom. The quantitative estimate of drug-likeness (QED) is 0.812. The van der Waals surface area contributed by atoms with Crippen molar-refractivity contribution in [1.29, 1.82) is 5.26 Å². The third-order valence-corrected chi connectivity index (χ3v) is 2.50. The normalized spacial score (nSPS) is 9.88. The van der Waals surface area contributed by atoms with E-state index in [4.69, 9.17) is 5.26 Å². The minimum atomic E-state index is 0.451.